The molecule has 1 rings (SSSR count). The van der Waals surface area contributed by atoms with Crippen LogP contribution >= 0.6 is 0 Å². The van der Waals surface area contributed by atoms with E-state index in [0.29, 0.717) is 0 Å². The van der Waals surface area contributed by atoms with E-state index >= 15 is 0 Å². The molecule has 2 unspecified atom stereocenters. The van der Waals surface area contributed by atoms with E-state index in [1.165, 1.54) is 0 Å². The summed E-state index contributed by atoms with van der Waals surface area (Å²) in [5, 5.41) is 19.8. The lowest BCUT2D eigenvalue weighted by Crippen LogP contribution is -2.46. The number of carbonyl (C=O) groups is 1. The highest BCUT2D eigenvalue weighted by Crippen LogP contribution is 2.24. The van der Waals surface area contributed by atoms with Crippen LogP contribution < -0.4 is 10.6 Å². The smallest absolute Gasteiger partial charge is 0.315 e. The summed E-state index contributed by atoms with van der Waals surface area (Å²) < 4.78 is 1.84. The lowest BCUT2D eigenvalue weighted by atomic mass is 9.88. The Kier molecular flexibility index (Phi) is 6.62. The van der Waals surface area contributed by atoms with Gasteiger partial charge in [-0.3, -0.25) is 4.68 Å². The predicted octanol–water partition coefficient (Wildman–Crippen LogP) is 2.58. The molecule has 3 N–H and O–H groups in total. The van der Waals surface area contributed by atoms with Gasteiger partial charge in [0.25, 0.3) is 0 Å². The lowest BCUT2D eigenvalue weighted by Gasteiger charge is -2.26. The van der Waals surface area contributed by atoms with Crippen LogP contribution in [0.15, 0.2) is 0 Å². The molecule has 1 heterocycles. The van der Waals surface area contributed by atoms with Gasteiger partial charge in [-0.2, -0.15) is 5.10 Å². The number of hydrogen-bond donors (Lipinski definition) is 3. The maximum Gasteiger partial charge on any atom is 0.315 e. The molecule has 0 aliphatic rings. The first-order valence-corrected chi connectivity index (χ1v) is 8.27. The zero-order valence-electron chi connectivity index (χ0n) is 15.5. The second-order valence-electron chi connectivity index (χ2n) is 7.43. The average Bonchev–Trinajstić information content (AvgIpc) is 2.67. The summed E-state index contributed by atoms with van der Waals surface area (Å²) in [6.07, 6.45) is 1.50. The number of aromatic nitrogens is 2. The third-order valence-electron chi connectivity index (χ3n) is 4.04. The van der Waals surface area contributed by atoms with Crippen LogP contribution in [0.25, 0.3) is 0 Å². The van der Waals surface area contributed by atoms with E-state index in [9.17, 15) is 9.90 Å². The molecule has 6 nitrogen and oxygen atoms in total. The maximum absolute atomic E-state index is 12.3. The van der Waals surface area contributed by atoms with Crippen LogP contribution in [0.5, 0.6) is 0 Å². The number of amides is 2. The molecular weight excluding hydrogens is 292 g/mol. The lowest BCUT2D eigenvalue weighted by molar-refractivity contribution is 0.189. The second kappa shape index (κ2) is 7.81. The van der Waals surface area contributed by atoms with Crippen molar-refractivity contribution in [1.82, 2.24) is 20.4 Å². The number of carbonyl (C=O) groups excluding carboxylic acids is 1. The number of urea groups is 1. The maximum atomic E-state index is 12.3. The minimum absolute atomic E-state index is 0.0430. The highest BCUT2D eigenvalue weighted by molar-refractivity contribution is 5.75. The van der Waals surface area contributed by atoms with Crippen molar-refractivity contribution in [2.75, 3.05) is 6.61 Å². The third kappa shape index (κ3) is 5.53. The van der Waals surface area contributed by atoms with Crippen molar-refractivity contribution in [3.8, 4) is 0 Å². The Hall–Kier alpha value is -1.56. The van der Waals surface area contributed by atoms with Crippen molar-refractivity contribution >= 4 is 6.03 Å². The van der Waals surface area contributed by atoms with Crippen LogP contribution in [0.2, 0.25) is 0 Å². The van der Waals surface area contributed by atoms with E-state index in [1.807, 2.05) is 32.5 Å². The second-order valence-corrected chi connectivity index (χ2v) is 7.43. The molecule has 1 aromatic heterocycles. The van der Waals surface area contributed by atoms with Crippen molar-refractivity contribution < 1.29 is 9.90 Å². The Bertz CT molecular complexity index is 531. The van der Waals surface area contributed by atoms with E-state index in [4.69, 9.17) is 0 Å². The van der Waals surface area contributed by atoms with Gasteiger partial charge >= 0.3 is 6.03 Å². The average molecular weight is 324 g/mol. The van der Waals surface area contributed by atoms with Gasteiger partial charge in [0, 0.05) is 18.3 Å². The van der Waals surface area contributed by atoms with E-state index < -0.39 is 0 Å². The fraction of sp³-hybridized carbons (Fsp3) is 0.765. The number of hydrogen-bond acceptors (Lipinski definition) is 3. The van der Waals surface area contributed by atoms with Gasteiger partial charge in [-0.1, -0.05) is 27.7 Å². The fourth-order valence-corrected chi connectivity index (χ4v) is 2.96. The van der Waals surface area contributed by atoms with E-state index in [0.717, 1.165) is 29.8 Å². The zero-order chi connectivity index (χ0) is 17.8. The molecule has 0 aliphatic heterocycles. The molecular formula is C17H32N4O2. The van der Waals surface area contributed by atoms with Crippen molar-refractivity contribution in [3.63, 3.8) is 0 Å². The molecule has 6 heteroatoms. The third-order valence-corrected chi connectivity index (χ3v) is 4.04. The summed E-state index contributed by atoms with van der Waals surface area (Å²) in [5.74, 6) is 0. The molecule has 0 bridgehead atoms. The highest BCUT2D eigenvalue weighted by atomic mass is 16.3. The Balaban J connectivity index is 2.77. The van der Waals surface area contributed by atoms with E-state index in [2.05, 4.69) is 36.5 Å². The van der Waals surface area contributed by atoms with Gasteiger partial charge in [-0.15, -0.1) is 0 Å². The SMILES string of the molecule is CCC(NC(=O)NC(CO)CC(C)(C)C)c1c(C)nn(C)c1C. The normalized spacial score (nSPS) is 14.4. The van der Waals surface area contributed by atoms with Gasteiger partial charge in [-0.05, 0) is 32.1 Å². The molecule has 0 aliphatic carbocycles. The van der Waals surface area contributed by atoms with Gasteiger partial charge in [0.05, 0.1) is 24.4 Å². The van der Waals surface area contributed by atoms with Gasteiger partial charge in [0.1, 0.15) is 0 Å². The zero-order valence-corrected chi connectivity index (χ0v) is 15.5. The minimum Gasteiger partial charge on any atom is -0.394 e. The summed E-state index contributed by atoms with van der Waals surface area (Å²) in [5.41, 5.74) is 3.11. The van der Waals surface area contributed by atoms with Gasteiger partial charge < -0.3 is 15.7 Å². The molecule has 0 saturated heterocycles. The van der Waals surface area contributed by atoms with Crippen LogP contribution in [-0.2, 0) is 7.05 Å². The number of nitrogens with one attached hydrogen (secondary N) is 2. The van der Waals surface area contributed by atoms with Crippen molar-refractivity contribution in [2.45, 2.75) is 66.5 Å². The molecule has 0 aromatic carbocycles. The van der Waals surface area contributed by atoms with E-state index in [1.54, 1.807) is 0 Å². The Morgan fingerprint density at radius 1 is 1.30 bits per heavy atom. The quantitative estimate of drug-likeness (QED) is 0.752. The molecule has 2 atom stereocenters. The van der Waals surface area contributed by atoms with Gasteiger partial charge in [0.15, 0.2) is 0 Å². The largest absolute Gasteiger partial charge is 0.394 e. The van der Waals surface area contributed by atoms with Crippen LogP contribution in [-0.4, -0.2) is 33.6 Å². The fourth-order valence-electron chi connectivity index (χ4n) is 2.96. The molecule has 132 valence electrons. The first kappa shape index (κ1) is 19.5. The number of aryl methyl sites for hydroxylation is 2. The van der Waals surface area contributed by atoms with E-state index in [-0.39, 0.29) is 30.1 Å². The van der Waals surface area contributed by atoms with Crippen molar-refractivity contribution in [1.29, 1.82) is 0 Å². The summed E-state index contributed by atoms with van der Waals surface area (Å²) in [6.45, 7) is 12.2. The standard InChI is InChI=1S/C17H32N4O2/c1-8-14(15-11(2)20-21(7)12(15)3)19-16(23)18-13(10-22)9-17(4,5)6/h13-14,22H,8-10H2,1-7H3,(H2,18,19,23). The number of rotatable bonds is 6. The molecule has 1 aromatic rings. The number of aliphatic hydroxyl groups excluding tert-OH is 1. The monoisotopic (exact) mass is 324 g/mol. The van der Waals surface area contributed by atoms with Crippen LogP contribution in [0.4, 0.5) is 4.79 Å². The van der Waals surface area contributed by atoms with Crippen LogP contribution in [0.1, 0.15) is 63.5 Å². The molecule has 0 fully saturated rings. The summed E-state index contributed by atoms with van der Waals surface area (Å²) in [4.78, 5) is 12.3. The minimum atomic E-state index is -0.247. The van der Waals surface area contributed by atoms with Crippen LogP contribution in [0, 0.1) is 19.3 Å². The van der Waals surface area contributed by atoms with Crippen molar-refractivity contribution in [2.24, 2.45) is 12.5 Å². The van der Waals surface area contributed by atoms with Crippen molar-refractivity contribution in [3.05, 3.63) is 17.0 Å². The summed E-state index contributed by atoms with van der Waals surface area (Å²) in [7, 11) is 1.91. The van der Waals surface area contributed by atoms with Crippen LogP contribution in [0.3, 0.4) is 0 Å². The van der Waals surface area contributed by atoms with Gasteiger partial charge in [-0.25, -0.2) is 4.79 Å². The molecule has 23 heavy (non-hydrogen) atoms. The topological polar surface area (TPSA) is 79.2 Å². The molecule has 0 radical (unpaired) electrons. The predicted molar refractivity (Wildman–Crippen MR) is 92.3 cm³/mol. The Morgan fingerprint density at radius 2 is 1.91 bits per heavy atom. The molecule has 0 saturated carbocycles. The first-order valence-electron chi connectivity index (χ1n) is 8.27. The van der Waals surface area contributed by atoms with Gasteiger partial charge in [0.2, 0.25) is 0 Å². The summed E-state index contributed by atoms with van der Waals surface area (Å²) >= 11 is 0. The Morgan fingerprint density at radius 3 is 2.30 bits per heavy atom. The highest BCUT2D eigenvalue weighted by Gasteiger charge is 2.23. The Labute approximate surface area is 139 Å². The molecule has 2 amide bonds. The number of nitrogens with zero attached hydrogens (tertiary/aromatic N) is 2. The summed E-state index contributed by atoms with van der Waals surface area (Å²) in [6, 6.07) is -0.580. The number of aliphatic hydroxyl groups is 1. The first-order chi connectivity index (χ1) is 10.6. The molecule has 0 spiro atoms.